The molecule has 11 heteroatoms. The molecule has 1 saturated heterocycles. The molecule has 3 heterocycles. The molecule has 2 fully saturated rings. The second-order valence-corrected chi connectivity index (χ2v) is 20.9. The van der Waals surface area contributed by atoms with E-state index < -0.39 is 20.0 Å². The number of unbranched alkanes of at least 4 members (excludes halogenated alkanes) is 1. The first-order chi connectivity index (χ1) is 23.9. The van der Waals surface area contributed by atoms with Crippen molar-refractivity contribution >= 4 is 42.6 Å². The largest absolute Gasteiger partial charge is 0.366 e. The number of aromatic nitrogens is 2. The van der Waals surface area contributed by atoms with Gasteiger partial charge in [0.05, 0.1) is 17.3 Å². The van der Waals surface area contributed by atoms with Gasteiger partial charge in [0.2, 0.25) is 11.8 Å². The van der Waals surface area contributed by atoms with E-state index in [1.165, 1.54) is 4.90 Å². The van der Waals surface area contributed by atoms with Crippen LogP contribution in [0.15, 0.2) is 36.4 Å². The second kappa shape index (κ2) is 14.9. The summed E-state index contributed by atoms with van der Waals surface area (Å²) in [5.74, 6) is 6.11. The van der Waals surface area contributed by atoms with Gasteiger partial charge in [0.25, 0.3) is 11.8 Å². The molecule has 1 saturated carbocycles. The Morgan fingerprint density at radius 1 is 1.06 bits per heavy atom. The Balaban J connectivity index is 1.00. The number of ether oxygens (including phenoxy) is 1. The SMILES string of the molecule is Cc1nn(C2CCC(CCCC#Cc3cccc4c3CN(C3CCC(=O)N(COCC[Si](C)(C)C)C3=O)C4=O)CC2)c2cc(C(N)=O)ccc12. The van der Waals surface area contributed by atoms with Gasteiger partial charge in [-0.15, -0.1) is 0 Å². The van der Waals surface area contributed by atoms with E-state index in [0.717, 1.165) is 78.7 Å². The lowest BCUT2D eigenvalue weighted by Crippen LogP contribution is -2.55. The van der Waals surface area contributed by atoms with Gasteiger partial charge in [-0.3, -0.25) is 28.8 Å². The summed E-state index contributed by atoms with van der Waals surface area (Å²) in [4.78, 5) is 54.1. The first-order valence-electron chi connectivity index (χ1n) is 18.0. The van der Waals surface area contributed by atoms with Crippen molar-refractivity contribution in [3.63, 3.8) is 0 Å². The normalized spacial score (nSPS) is 21.0. The van der Waals surface area contributed by atoms with Crippen molar-refractivity contribution in [1.82, 2.24) is 19.6 Å². The van der Waals surface area contributed by atoms with Crippen LogP contribution in [0, 0.1) is 24.7 Å². The highest BCUT2D eigenvalue weighted by Crippen LogP contribution is 2.37. The van der Waals surface area contributed by atoms with Crippen LogP contribution in [-0.2, 0) is 20.9 Å². The van der Waals surface area contributed by atoms with Gasteiger partial charge in [-0.2, -0.15) is 5.10 Å². The number of nitrogens with zero attached hydrogens (tertiary/aromatic N) is 4. The Labute approximate surface area is 295 Å². The van der Waals surface area contributed by atoms with Crippen molar-refractivity contribution in [2.24, 2.45) is 11.7 Å². The minimum Gasteiger partial charge on any atom is -0.366 e. The number of amides is 4. The molecule has 0 bridgehead atoms. The van der Waals surface area contributed by atoms with Crippen molar-refractivity contribution < 1.29 is 23.9 Å². The monoisotopic (exact) mass is 695 g/mol. The van der Waals surface area contributed by atoms with Crippen LogP contribution in [0.5, 0.6) is 0 Å². The molecule has 6 rings (SSSR count). The number of aryl methyl sites for hydroxylation is 1. The van der Waals surface area contributed by atoms with Crippen LogP contribution < -0.4 is 5.73 Å². The van der Waals surface area contributed by atoms with Gasteiger partial charge in [-0.1, -0.05) is 43.6 Å². The second-order valence-electron chi connectivity index (χ2n) is 15.3. The number of carbonyl (C=O) groups excluding carboxylic acids is 4. The molecule has 264 valence electrons. The Morgan fingerprint density at radius 2 is 1.84 bits per heavy atom. The van der Waals surface area contributed by atoms with Crippen LogP contribution in [0.25, 0.3) is 10.9 Å². The van der Waals surface area contributed by atoms with Gasteiger partial charge in [0, 0.05) is 56.1 Å². The first-order valence-corrected chi connectivity index (χ1v) is 21.7. The maximum atomic E-state index is 13.5. The molecule has 2 aliphatic heterocycles. The summed E-state index contributed by atoms with van der Waals surface area (Å²) in [6.45, 7) is 9.53. The van der Waals surface area contributed by atoms with Gasteiger partial charge in [0.15, 0.2) is 0 Å². The molecular formula is C39H49N5O5Si. The minimum atomic E-state index is -1.30. The number of carbonyl (C=O) groups is 4. The van der Waals surface area contributed by atoms with Crippen LogP contribution in [-0.4, -0.2) is 70.7 Å². The predicted octanol–water partition coefficient (Wildman–Crippen LogP) is 6.18. The highest BCUT2D eigenvalue weighted by molar-refractivity contribution is 6.76. The molecule has 1 aliphatic carbocycles. The van der Waals surface area contributed by atoms with E-state index in [9.17, 15) is 19.2 Å². The third kappa shape index (κ3) is 7.71. The van der Waals surface area contributed by atoms with Crippen LogP contribution in [0.2, 0.25) is 25.7 Å². The number of piperidine rings is 1. The summed E-state index contributed by atoms with van der Waals surface area (Å²) < 4.78 is 7.84. The van der Waals surface area contributed by atoms with Crippen LogP contribution in [0.1, 0.15) is 101 Å². The zero-order valence-electron chi connectivity index (χ0n) is 29.8. The molecule has 2 aromatic carbocycles. The van der Waals surface area contributed by atoms with Gasteiger partial charge in [-0.05, 0) is 93.7 Å². The molecule has 0 spiro atoms. The van der Waals surface area contributed by atoms with E-state index in [1.807, 2.05) is 31.2 Å². The van der Waals surface area contributed by atoms with Crippen LogP contribution in [0.3, 0.4) is 0 Å². The van der Waals surface area contributed by atoms with E-state index in [0.29, 0.717) is 42.7 Å². The fourth-order valence-corrected chi connectivity index (χ4v) is 8.30. The lowest BCUT2D eigenvalue weighted by Gasteiger charge is -2.35. The third-order valence-corrected chi connectivity index (χ3v) is 12.3. The summed E-state index contributed by atoms with van der Waals surface area (Å²) >= 11 is 0. The smallest absolute Gasteiger partial charge is 0.255 e. The fourth-order valence-electron chi connectivity index (χ4n) is 7.55. The Bertz CT molecular complexity index is 1860. The molecule has 2 N–H and O–H groups in total. The zero-order valence-corrected chi connectivity index (χ0v) is 30.8. The van der Waals surface area contributed by atoms with Crippen molar-refractivity contribution in [2.75, 3.05) is 13.3 Å². The van der Waals surface area contributed by atoms with Gasteiger partial charge in [0.1, 0.15) is 12.8 Å². The number of primary amides is 1. The number of rotatable bonds is 11. The Morgan fingerprint density at radius 3 is 2.58 bits per heavy atom. The van der Waals surface area contributed by atoms with E-state index in [4.69, 9.17) is 15.6 Å². The van der Waals surface area contributed by atoms with Crippen molar-refractivity contribution in [1.29, 1.82) is 0 Å². The molecule has 0 radical (unpaired) electrons. The molecule has 1 atom stereocenters. The maximum Gasteiger partial charge on any atom is 0.255 e. The molecule has 1 unspecified atom stereocenters. The minimum absolute atomic E-state index is 0.0633. The summed E-state index contributed by atoms with van der Waals surface area (Å²) in [5, 5.41) is 5.90. The molecule has 3 aliphatic rings. The number of hydrogen-bond acceptors (Lipinski definition) is 6. The zero-order chi connectivity index (χ0) is 35.6. The van der Waals surface area contributed by atoms with Gasteiger partial charge >= 0.3 is 0 Å². The standard InChI is InChI=1S/C39H49N5O5Si/c1-26-31-18-15-29(37(40)46)23-35(31)44(41-26)30-16-13-27(14-17-30)9-6-5-7-10-28-11-8-12-32-33(28)24-42(38(32)47)34-19-20-36(45)43(39(34)48)25-49-21-22-50(2,3)4/h8,11-12,15,18,23,27,30,34H,5-6,9,13-14,16-17,19-22,24-25H2,1-4H3,(H2,40,46). The number of likely N-dealkylation sites (tertiary alicyclic amines) is 1. The van der Waals surface area contributed by atoms with E-state index in [1.54, 1.807) is 17.0 Å². The van der Waals surface area contributed by atoms with Gasteiger partial charge in [-0.25, -0.2) is 0 Å². The fraction of sp³-hybridized carbons (Fsp3) is 0.513. The Hall–Kier alpha value is -4.27. The molecule has 4 amide bonds. The lowest BCUT2D eigenvalue weighted by atomic mass is 9.83. The topological polar surface area (TPSA) is 128 Å². The number of nitrogens with two attached hydrogens (primary N) is 1. The average Bonchev–Trinajstić information content (AvgIpc) is 3.60. The molecular weight excluding hydrogens is 647 g/mol. The van der Waals surface area contributed by atoms with Crippen LogP contribution >= 0.6 is 0 Å². The molecule has 3 aromatic rings. The van der Waals surface area contributed by atoms with E-state index in [2.05, 4.69) is 36.2 Å². The van der Waals surface area contributed by atoms with Crippen molar-refractivity contribution in [3.8, 4) is 11.8 Å². The number of fused-ring (bicyclic) bond motifs is 2. The highest BCUT2D eigenvalue weighted by atomic mass is 28.3. The highest BCUT2D eigenvalue weighted by Gasteiger charge is 2.43. The van der Waals surface area contributed by atoms with Crippen molar-refractivity contribution in [2.45, 2.75) is 109 Å². The van der Waals surface area contributed by atoms with Crippen molar-refractivity contribution in [3.05, 3.63) is 64.3 Å². The number of benzene rings is 2. The average molecular weight is 696 g/mol. The van der Waals surface area contributed by atoms with Crippen LogP contribution in [0.4, 0.5) is 0 Å². The summed E-state index contributed by atoms with van der Waals surface area (Å²) in [5.41, 5.74) is 10.3. The number of imide groups is 1. The molecule has 10 nitrogen and oxygen atoms in total. The third-order valence-electron chi connectivity index (χ3n) is 10.5. The van der Waals surface area contributed by atoms with E-state index in [-0.39, 0.29) is 30.9 Å². The quantitative estimate of drug-likeness (QED) is 0.110. The summed E-state index contributed by atoms with van der Waals surface area (Å²) in [7, 11) is -1.30. The summed E-state index contributed by atoms with van der Waals surface area (Å²) in [6, 6.07) is 11.8. The summed E-state index contributed by atoms with van der Waals surface area (Å²) in [6.07, 6.45) is 7.79. The molecule has 1 aromatic heterocycles. The predicted molar refractivity (Wildman–Crippen MR) is 195 cm³/mol. The number of hydrogen-bond donors (Lipinski definition) is 1. The van der Waals surface area contributed by atoms with Gasteiger partial charge < -0.3 is 15.4 Å². The lowest BCUT2D eigenvalue weighted by molar-refractivity contribution is -0.158. The Kier molecular flexibility index (Phi) is 10.6. The van der Waals surface area contributed by atoms with E-state index >= 15 is 0 Å². The first kappa shape index (κ1) is 35.5. The maximum absolute atomic E-state index is 13.5. The molecule has 50 heavy (non-hydrogen) atoms.